The first kappa shape index (κ1) is 15.3. The molecule has 0 fully saturated rings. The van der Waals surface area contributed by atoms with E-state index in [1.807, 2.05) is 0 Å². The van der Waals surface area contributed by atoms with E-state index in [0.29, 0.717) is 5.52 Å². The van der Waals surface area contributed by atoms with Crippen molar-refractivity contribution in [3.05, 3.63) is 64.0 Å². The van der Waals surface area contributed by atoms with Crippen LogP contribution in [0, 0.1) is 15.9 Å². The molecule has 0 aliphatic carbocycles. The maximum atomic E-state index is 13.3. The molecular formula is C15H9FN4O4. The second kappa shape index (κ2) is 5.88. The number of azo groups is 1. The number of nitro benzene ring substituents is 1. The summed E-state index contributed by atoms with van der Waals surface area (Å²) in [6.07, 6.45) is 0. The zero-order valence-electron chi connectivity index (χ0n) is 11.9. The summed E-state index contributed by atoms with van der Waals surface area (Å²) in [7, 11) is 0. The lowest BCUT2D eigenvalue weighted by Crippen LogP contribution is -1.94. The number of hydrogen-bond donors (Lipinski definition) is 2. The minimum absolute atomic E-state index is 0.0697. The van der Waals surface area contributed by atoms with E-state index in [2.05, 4.69) is 15.2 Å². The molecule has 0 saturated carbocycles. The molecule has 8 nitrogen and oxygen atoms in total. The number of fused-ring (bicyclic) bond motifs is 1. The molecule has 0 spiro atoms. The normalized spacial score (nSPS) is 11.2. The van der Waals surface area contributed by atoms with Crippen LogP contribution >= 0.6 is 0 Å². The Morgan fingerprint density at radius 2 is 1.92 bits per heavy atom. The molecule has 1 heterocycles. The first-order chi connectivity index (χ1) is 11.5. The van der Waals surface area contributed by atoms with Crippen LogP contribution < -0.4 is 0 Å². The average molecular weight is 328 g/mol. The molecule has 0 saturated heterocycles. The Hall–Kier alpha value is -3.62. The second-order valence-electron chi connectivity index (χ2n) is 4.82. The van der Waals surface area contributed by atoms with Crippen LogP contribution in [-0.2, 0) is 0 Å². The van der Waals surface area contributed by atoms with Gasteiger partial charge in [0.2, 0.25) is 5.88 Å². The number of carbonyl (C=O) groups is 1. The largest absolute Gasteiger partial charge is 0.493 e. The smallest absolute Gasteiger partial charge is 0.295 e. The van der Waals surface area contributed by atoms with E-state index in [-0.39, 0.29) is 28.2 Å². The number of H-pyrrole nitrogens is 1. The van der Waals surface area contributed by atoms with Crippen molar-refractivity contribution in [3.8, 4) is 5.88 Å². The van der Waals surface area contributed by atoms with Crippen molar-refractivity contribution in [1.29, 1.82) is 0 Å². The molecule has 0 aliphatic heterocycles. The molecule has 0 radical (unpaired) electrons. The summed E-state index contributed by atoms with van der Waals surface area (Å²) >= 11 is 0. The summed E-state index contributed by atoms with van der Waals surface area (Å²) in [4.78, 5) is 24.5. The minimum Gasteiger partial charge on any atom is -0.493 e. The molecule has 0 unspecified atom stereocenters. The van der Waals surface area contributed by atoms with Crippen LogP contribution in [0.15, 0.2) is 52.7 Å². The number of hydrogen-bond acceptors (Lipinski definition) is 5. The predicted molar refractivity (Wildman–Crippen MR) is 81.9 cm³/mol. The highest BCUT2D eigenvalue weighted by molar-refractivity contribution is 5.97. The van der Waals surface area contributed by atoms with E-state index in [1.165, 1.54) is 36.4 Å². The highest BCUT2D eigenvalue weighted by Gasteiger charge is 2.13. The van der Waals surface area contributed by atoms with E-state index < -0.39 is 16.6 Å². The molecule has 0 atom stereocenters. The molecule has 0 bridgehead atoms. The van der Waals surface area contributed by atoms with Crippen LogP contribution in [0.3, 0.4) is 0 Å². The van der Waals surface area contributed by atoms with Crippen LogP contribution in [0.1, 0.15) is 10.4 Å². The van der Waals surface area contributed by atoms with Crippen molar-refractivity contribution in [1.82, 2.24) is 4.98 Å². The Balaban J connectivity index is 1.90. The van der Waals surface area contributed by atoms with Gasteiger partial charge in [-0.25, -0.2) is 4.39 Å². The van der Waals surface area contributed by atoms with Gasteiger partial charge in [0.25, 0.3) is 11.6 Å². The number of amides is 1. The number of benzene rings is 2. The fourth-order valence-corrected chi connectivity index (χ4v) is 2.12. The van der Waals surface area contributed by atoms with Crippen LogP contribution in [0.2, 0.25) is 0 Å². The first-order valence-corrected chi connectivity index (χ1v) is 6.66. The third-order valence-electron chi connectivity index (χ3n) is 3.28. The topological polar surface area (TPSA) is 121 Å². The molecule has 2 aromatic carbocycles. The molecule has 0 aliphatic rings. The number of non-ortho nitro benzene ring substituents is 1. The number of aromatic hydroxyl groups is 1. The van der Waals surface area contributed by atoms with Gasteiger partial charge in [-0.1, -0.05) is 0 Å². The first-order valence-electron chi connectivity index (χ1n) is 6.66. The van der Waals surface area contributed by atoms with Crippen molar-refractivity contribution in [2.24, 2.45) is 10.2 Å². The molecule has 24 heavy (non-hydrogen) atoms. The number of nitrogens with zero attached hydrogens (tertiary/aromatic N) is 3. The Morgan fingerprint density at radius 3 is 2.58 bits per heavy atom. The van der Waals surface area contributed by atoms with Crippen molar-refractivity contribution in [2.75, 3.05) is 0 Å². The Morgan fingerprint density at radius 1 is 1.21 bits per heavy atom. The highest BCUT2D eigenvalue weighted by Crippen LogP contribution is 2.35. The SMILES string of the molecule is O=C(N=Nc1c(O)[nH]c2ccc(F)cc12)c1ccc([N+](=O)[O-])cc1. The standard InChI is InChI=1S/C15H9FN4O4/c16-9-3-6-12-11(7-9)13(15(22)17-12)18-19-14(21)8-1-4-10(5-2-8)20(23)24/h1-7,17,22H. The Kier molecular flexibility index (Phi) is 3.74. The van der Waals surface area contributed by atoms with Crippen molar-refractivity contribution >= 4 is 28.2 Å². The number of carbonyl (C=O) groups excluding carboxylic acids is 1. The fourth-order valence-electron chi connectivity index (χ4n) is 2.12. The van der Waals surface area contributed by atoms with E-state index in [0.717, 1.165) is 6.07 Å². The number of rotatable bonds is 3. The van der Waals surface area contributed by atoms with Gasteiger partial charge in [-0.3, -0.25) is 14.9 Å². The second-order valence-corrected chi connectivity index (χ2v) is 4.82. The van der Waals surface area contributed by atoms with Gasteiger partial charge in [0.1, 0.15) is 5.82 Å². The van der Waals surface area contributed by atoms with E-state index in [9.17, 15) is 24.4 Å². The molecule has 3 aromatic rings. The van der Waals surface area contributed by atoms with Gasteiger partial charge in [0, 0.05) is 23.1 Å². The monoisotopic (exact) mass is 328 g/mol. The van der Waals surface area contributed by atoms with E-state index >= 15 is 0 Å². The van der Waals surface area contributed by atoms with Gasteiger partial charge >= 0.3 is 0 Å². The molecule has 3 rings (SSSR count). The van der Waals surface area contributed by atoms with Gasteiger partial charge in [-0.05, 0) is 30.3 Å². The zero-order valence-corrected chi connectivity index (χ0v) is 11.9. The lowest BCUT2D eigenvalue weighted by molar-refractivity contribution is -0.384. The van der Waals surface area contributed by atoms with E-state index in [1.54, 1.807) is 0 Å². The van der Waals surface area contributed by atoms with Crippen LogP contribution in [0.25, 0.3) is 10.9 Å². The van der Waals surface area contributed by atoms with Crippen LogP contribution in [-0.4, -0.2) is 20.9 Å². The predicted octanol–water partition coefficient (Wildman–Crippen LogP) is 3.84. The maximum Gasteiger partial charge on any atom is 0.295 e. The summed E-state index contributed by atoms with van der Waals surface area (Å²) in [6.45, 7) is 0. The highest BCUT2D eigenvalue weighted by atomic mass is 19.1. The van der Waals surface area contributed by atoms with Crippen molar-refractivity contribution in [3.63, 3.8) is 0 Å². The molecule has 2 N–H and O–H groups in total. The molecule has 120 valence electrons. The summed E-state index contributed by atoms with van der Waals surface area (Å²) in [6, 6.07) is 8.60. The summed E-state index contributed by atoms with van der Waals surface area (Å²) in [5.74, 6) is -1.63. The van der Waals surface area contributed by atoms with Gasteiger partial charge in [0.15, 0.2) is 5.69 Å². The lowest BCUT2D eigenvalue weighted by Gasteiger charge is -1.95. The number of aromatic nitrogens is 1. The maximum absolute atomic E-state index is 13.3. The number of nitro groups is 1. The number of nitrogens with one attached hydrogen (secondary N) is 1. The van der Waals surface area contributed by atoms with Gasteiger partial charge in [-0.15, -0.1) is 10.2 Å². The quantitative estimate of drug-likeness (QED) is 0.431. The summed E-state index contributed by atoms with van der Waals surface area (Å²) < 4.78 is 13.3. The average Bonchev–Trinajstić information content (AvgIpc) is 2.87. The summed E-state index contributed by atoms with van der Waals surface area (Å²) in [5, 5.41) is 27.8. The van der Waals surface area contributed by atoms with E-state index in [4.69, 9.17) is 0 Å². The number of halogens is 1. The van der Waals surface area contributed by atoms with Gasteiger partial charge in [-0.2, -0.15) is 0 Å². The number of aromatic amines is 1. The summed E-state index contributed by atoms with van der Waals surface area (Å²) in [5.41, 5.74) is 0.300. The molecule has 1 amide bonds. The Labute approximate surface area is 133 Å². The third-order valence-corrected chi connectivity index (χ3v) is 3.28. The molecular weight excluding hydrogens is 319 g/mol. The fraction of sp³-hybridized carbons (Fsp3) is 0. The van der Waals surface area contributed by atoms with Crippen LogP contribution in [0.5, 0.6) is 5.88 Å². The van der Waals surface area contributed by atoms with Crippen molar-refractivity contribution < 1.29 is 19.2 Å². The lowest BCUT2D eigenvalue weighted by atomic mass is 10.2. The van der Waals surface area contributed by atoms with Crippen LogP contribution in [0.4, 0.5) is 15.8 Å². The van der Waals surface area contributed by atoms with Gasteiger partial charge < -0.3 is 10.1 Å². The van der Waals surface area contributed by atoms with Crippen molar-refractivity contribution in [2.45, 2.75) is 0 Å². The minimum atomic E-state index is -0.755. The molecule has 9 heteroatoms. The third kappa shape index (κ3) is 2.82. The Bertz CT molecular complexity index is 979. The van der Waals surface area contributed by atoms with Gasteiger partial charge in [0.05, 0.1) is 10.4 Å². The molecule has 1 aromatic heterocycles. The zero-order chi connectivity index (χ0) is 17.3.